The number of carbonyl (C=O) groups excluding carboxylic acids is 1. The fourth-order valence-electron chi connectivity index (χ4n) is 3.23. The van der Waals surface area contributed by atoms with Crippen molar-refractivity contribution < 1.29 is 14.6 Å². The zero-order valence-electron chi connectivity index (χ0n) is 14.9. The summed E-state index contributed by atoms with van der Waals surface area (Å²) in [5.41, 5.74) is 2.58. The SMILES string of the molecule is C/C1=C\C=C(C(C)C)CCC2=CCC[C@](C)(OC2=O)[C@H](O)CC1. The van der Waals surface area contributed by atoms with Gasteiger partial charge in [0.2, 0.25) is 0 Å². The lowest BCUT2D eigenvalue weighted by molar-refractivity contribution is -0.166. The van der Waals surface area contributed by atoms with Crippen LogP contribution in [0.1, 0.15) is 66.2 Å². The van der Waals surface area contributed by atoms with Crippen molar-refractivity contribution in [2.24, 2.45) is 5.92 Å². The summed E-state index contributed by atoms with van der Waals surface area (Å²) >= 11 is 0. The summed E-state index contributed by atoms with van der Waals surface area (Å²) in [7, 11) is 0. The largest absolute Gasteiger partial charge is 0.453 e. The summed E-state index contributed by atoms with van der Waals surface area (Å²) in [5.74, 6) is 0.207. The number of aliphatic hydroxyl groups excluding tert-OH is 1. The van der Waals surface area contributed by atoms with Crippen molar-refractivity contribution in [2.75, 3.05) is 0 Å². The topological polar surface area (TPSA) is 46.5 Å². The average molecular weight is 318 g/mol. The Kier molecular flexibility index (Phi) is 5.85. The minimum Gasteiger partial charge on any atom is -0.453 e. The first-order chi connectivity index (χ1) is 10.8. The second-order valence-corrected chi connectivity index (χ2v) is 7.43. The van der Waals surface area contributed by atoms with Crippen molar-refractivity contribution in [2.45, 2.75) is 77.9 Å². The Morgan fingerprint density at radius 2 is 2.00 bits per heavy atom. The van der Waals surface area contributed by atoms with Crippen molar-refractivity contribution >= 4 is 5.97 Å². The number of aliphatic hydroxyl groups is 1. The molecule has 2 aliphatic rings. The van der Waals surface area contributed by atoms with E-state index in [0.29, 0.717) is 25.2 Å². The first-order valence-electron chi connectivity index (χ1n) is 8.78. The van der Waals surface area contributed by atoms with Crippen LogP contribution in [0.15, 0.2) is 34.9 Å². The molecule has 3 heteroatoms. The van der Waals surface area contributed by atoms with Crippen molar-refractivity contribution in [1.29, 1.82) is 0 Å². The Morgan fingerprint density at radius 3 is 2.70 bits per heavy atom. The van der Waals surface area contributed by atoms with Gasteiger partial charge in [-0.1, -0.05) is 43.2 Å². The molecule has 0 unspecified atom stereocenters. The molecule has 0 aliphatic carbocycles. The van der Waals surface area contributed by atoms with Crippen molar-refractivity contribution in [3.05, 3.63) is 34.9 Å². The number of carbonyl (C=O) groups is 1. The molecule has 2 atom stereocenters. The molecular weight excluding hydrogens is 288 g/mol. The molecular formula is C20H30O3. The maximum absolute atomic E-state index is 12.5. The Hall–Kier alpha value is -1.35. The summed E-state index contributed by atoms with van der Waals surface area (Å²) in [6, 6.07) is 0. The molecule has 23 heavy (non-hydrogen) atoms. The number of hydrogen-bond acceptors (Lipinski definition) is 3. The van der Waals surface area contributed by atoms with Crippen LogP contribution in [0.5, 0.6) is 0 Å². The van der Waals surface area contributed by atoms with Crippen LogP contribution < -0.4 is 0 Å². The average Bonchev–Trinajstić information content (AvgIpc) is 2.62. The highest BCUT2D eigenvalue weighted by molar-refractivity contribution is 5.89. The van der Waals surface area contributed by atoms with Gasteiger partial charge in [-0.25, -0.2) is 4.79 Å². The molecule has 2 heterocycles. The summed E-state index contributed by atoms with van der Waals surface area (Å²) < 4.78 is 5.72. The molecule has 128 valence electrons. The van der Waals surface area contributed by atoms with Crippen LogP contribution in [-0.4, -0.2) is 22.8 Å². The van der Waals surface area contributed by atoms with E-state index in [1.165, 1.54) is 11.1 Å². The molecule has 1 N–H and O–H groups in total. The van der Waals surface area contributed by atoms with E-state index in [9.17, 15) is 9.90 Å². The molecule has 0 aromatic rings. The van der Waals surface area contributed by atoms with E-state index in [1.54, 1.807) is 0 Å². The second-order valence-electron chi connectivity index (χ2n) is 7.43. The number of rotatable bonds is 1. The van der Waals surface area contributed by atoms with E-state index in [1.807, 2.05) is 13.0 Å². The third-order valence-electron chi connectivity index (χ3n) is 5.14. The van der Waals surface area contributed by atoms with Gasteiger partial charge in [-0.15, -0.1) is 0 Å². The molecule has 0 saturated carbocycles. The Balaban J connectivity index is 2.32. The third kappa shape index (κ3) is 4.57. The molecule has 3 nitrogen and oxygen atoms in total. The van der Waals surface area contributed by atoms with Gasteiger partial charge in [0.1, 0.15) is 5.60 Å². The van der Waals surface area contributed by atoms with Crippen LogP contribution in [0.2, 0.25) is 0 Å². The van der Waals surface area contributed by atoms with E-state index in [-0.39, 0.29) is 5.97 Å². The fraction of sp³-hybridized carbons (Fsp3) is 0.650. The Bertz CT molecular complexity index is 539. The minimum atomic E-state index is -0.780. The molecule has 0 saturated heterocycles. The molecule has 2 bridgehead atoms. The standard InChI is InChI=1S/C20H30O3/c1-14(2)16-9-7-15(3)8-12-18(21)20(4)13-5-6-17(11-10-16)19(22)23-20/h6-7,9,14,18,21H,5,8,10-13H2,1-4H3/b15-7+,16-9?/t18-,20+/m1/s1. The zero-order valence-corrected chi connectivity index (χ0v) is 14.9. The van der Waals surface area contributed by atoms with E-state index in [4.69, 9.17) is 4.74 Å². The van der Waals surface area contributed by atoms with Crippen LogP contribution in [0.4, 0.5) is 0 Å². The molecule has 0 radical (unpaired) electrons. The van der Waals surface area contributed by atoms with Crippen molar-refractivity contribution in [3.8, 4) is 0 Å². The lowest BCUT2D eigenvalue weighted by Crippen LogP contribution is -2.43. The van der Waals surface area contributed by atoms with Gasteiger partial charge >= 0.3 is 5.97 Å². The lowest BCUT2D eigenvalue weighted by atomic mass is 9.89. The molecule has 2 aliphatic heterocycles. The van der Waals surface area contributed by atoms with Crippen LogP contribution in [0.25, 0.3) is 0 Å². The predicted octanol–water partition coefficient (Wildman–Crippen LogP) is 4.47. The Morgan fingerprint density at radius 1 is 1.26 bits per heavy atom. The number of hydrogen-bond donors (Lipinski definition) is 1. The molecule has 2 rings (SSSR count). The quantitative estimate of drug-likeness (QED) is 0.725. The highest BCUT2D eigenvalue weighted by atomic mass is 16.6. The number of fused-ring (bicyclic) bond motifs is 3. The number of ether oxygens (including phenoxy) is 1. The summed E-state index contributed by atoms with van der Waals surface area (Å²) in [5, 5.41) is 10.6. The highest BCUT2D eigenvalue weighted by Crippen LogP contribution is 2.32. The fourth-order valence-corrected chi connectivity index (χ4v) is 3.23. The summed E-state index contributed by atoms with van der Waals surface area (Å²) in [6.45, 7) is 8.34. The van der Waals surface area contributed by atoms with E-state index >= 15 is 0 Å². The molecule has 0 amide bonds. The van der Waals surface area contributed by atoms with Crippen molar-refractivity contribution in [3.63, 3.8) is 0 Å². The zero-order chi connectivity index (χ0) is 17.0. The van der Waals surface area contributed by atoms with Gasteiger partial charge in [-0.05, 0) is 58.3 Å². The maximum Gasteiger partial charge on any atom is 0.334 e. The summed E-state index contributed by atoms with van der Waals surface area (Å²) in [4.78, 5) is 12.5. The van der Waals surface area contributed by atoms with Gasteiger partial charge in [-0.3, -0.25) is 0 Å². The van der Waals surface area contributed by atoms with Crippen LogP contribution >= 0.6 is 0 Å². The maximum atomic E-state index is 12.5. The highest BCUT2D eigenvalue weighted by Gasteiger charge is 2.38. The van der Waals surface area contributed by atoms with E-state index in [2.05, 4.69) is 32.9 Å². The Labute approximate surface area is 140 Å². The smallest absolute Gasteiger partial charge is 0.334 e. The van der Waals surface area contributed by atoms with Gasteiger partial charge in [-0.2, -0.15) is 0 Å². The first-order valence-corrected chi connectivity index (χ1v) is 8.78. The normalized spacial score (nSPS) is 32.5. The molecule has 0 fully saturated rings. The van der Waals surface area contributed by atoms with Crippen LogP contribution in [0, 0.1) is 5.92 Å². The molecule has 0 aromatic carbocycles. The van der Waals surface area contributed by atoms with Gasteiger partial charge in [0.05, 0.1) is 6.10 Å². The van der Waals surface area contributed by atoms with Gasteiger partial charge < -0.3 is 9.84 Å². The summed E-state index contributed by atoms with van der Waals surface area (Å²) in [6.07, 6.45) is 10.2. The van der Waals surface area contributed by atoms with Gasteiger partial charge in [0.15, 0.2) is 0 Å². The lowest BCUT2D eigenvalue weighted by Gasteiger charge is -2.33. The number of esters is 1. The third-order valence-corrected chi connectivity index (χ3v) is 5.14. The minimum absolute atomic E-state index is 0.254. The first kappa shape index (κ1) is 18.0. The van der Waals surface area contributed by atoms with E-state index < -0.39 is 11.7 Å². The van der Waals surface area contributed by atoms with Gasteiger partial charge in [0.25, 0.3) is 0 Å². The predicted molar refractivity (Wildman–Crippen MR) is 93.0 cm³/mol. The van der Waals surface area contributed by atoms with Crippen molar-refractivity contribution in [1.82, 2.24) is 0 Å². The molecule has 0 spiro atoms. The number of allylic oxidation sites excluding steroid dienone is 5. The van der Waals surface area contributed by atoms with Crippen LogP contribution in [0.3, 0.4) is 0 Å². The van der Waals surface area contributed by atoms with E-state index in [0.717, 1.165) is 24.8 Å². The monoisotopic (exact) mass is 318 g/mol. The molecule has 0 aromatic heterocycles. The second kappa shape index (κ2) is 7.48. The van der Waals surface area contributed by atoms with Crippen LogP contribution in [-0.2, 0) is 9.53 Å². The van der Waals surface area contributed by atoms with Gasteiger partial charge in [0, 0.05) is 5.57 Å².